The SMILES string of the molecule is Cc1cc(NC(=O)CSc2nnc3n(Cc4ccccc4F)c4ccccc4n23)no1. The van der Waals surface area contributed by atoms with Crippen LogP contribution in [0.15, 0.2) is 64.3 Å². The van der Waals surface area contributed by atoms with Gasteiger partial charge in [-0.2, -0.15) is 0 Å². The van der Waals surface area contributed by atoms with Crippen molar-refractivity contribution < 1.29 is 13.7 Å². The van der Waals surface area contributed by atoms with E-state index in [4.69, 9.17) is 4.52 Å². The number of hydrogen-bond donors (Lipinski definition) is 1. The second kappa shape index (κ2) is 7.88. The first-order chi connectivity index (χ1) is 15.1. The first kappa shape index (κ1) is 19.3. The molecule has 0 bridgehead atoms. The van der Waals surface area contributed by atoms with Crippen LogP contribution in [0.3, 0.4) is 0 Å². The summed E-state index contributed by atoms with van der Waals surface area (Å²) in [5.41, 5.74) is 2.35. The molecule has 0 saturated heterocycles. The Balaban J connectivity index is 1.45. The van der Waals surface area contributed by atoms with Gasteiger partial charge in [0.15, 0.2) is 11.0 Å². The van der Waals surface area contributed by atoms with Gasteiger partial charge in [0.2, 0.25) is 11.7 Å². The number of nitrogens with one attached hydrogen (secondary N) is 1. The average molecular weight is 436 g/mol. The minimum Gasteiger partial charge on any atom is -0.360 e. The molecule has 0 aliphatic rings. The number of amides is 1. The summed E-state index contributed by atoms with van der Waals surface area (Å²) in [5.74, 6) is 1.19. The lowest BCUT2D eigenvalue weighted by atomic mass is 10.2. The summed E-state index contributed by atoms with van der Waals surface area (Å²) in [4.78, 5) is 12.3. The second-order valence-corrected chi connectivity index (χ2v) is 7.89. The van der Waals surface area contributed by atoms with Crippen LogP contribution in [0.1, 0.15) is 11.3 Å². The minimum absolute atomic E-state index is 0.125. The number of fused-ring (bicyclic) bond motifs is 3. The Bertz CT molecular complexity index is 1410. The number of benzene rings is 2. The third-order valence-corrected chi connectivity index (χ3v) is 5.71. The fourth-order valence-electron chi connectivity index (χ4n) is 3.42. The maximum atomic E-state index is 14.3. The molecule has 2 aromatic carbocycles. The largest absolute Gasteiger partial charge is 0.360 e. The van der Waals surface area contributed by atoms with Crippen LogP contribution >= 0.6 is 11.8 Å². The molecule has 1 amide bonds. The van der Waals surface area contributed by atoms with Gasteiger partial charge in [0, 0.05) is 11.6 Å². The summed E-state index contributed by atoms with van der Waals surface area (Å²) in [7, 11) is 0. The molecule has 1 N–H and O–H groups in total. The Labute approximate surface area is 180 Å². The zero-order valence-corrected chi connectivity index (χ0v) is 17.3. The summed E-state index contributed by atoms with van der Waals surface area (Å²) < 4.78 is 23.0. The maximum absolute atomic E-state index is 14.3. The van der Waals surface area contributed by atoms with Crippen molar-refractivity contribution in [3.05, 3.63) is 71.7 Å². The highest BCUT2D eigenvalue weighted by Gasteiger charge is 2.19. The molecule has 0 aliphatic heterocycles. The van der Waals surface area contributed by atoms with Crippen molar-refractivity contribution in [2.45, 2.75) is 18.6 Å². The van der Waals surface area contributed by atoms with Crippen LogP contribution in [0.25, 0.3) is 16.8 Å². The fraction of sp³-hybridized carbons (Fsp3) is 0.143. The average Bonchev–Trinajstić information content (AvgIpc) is 3.44. The van der Waals surface area contributed by atoms with Gasteiger partial charge in [-0.1, -0.05) is 47.3 Å². The molecule has 0 fully saturated rings. The second-order valence-electron chi connectivity index (χ2n) is 6.94. The molecule has 8 nitrogen and oxygen atoms in total. The van der Waals surface area contributed by atoms with Crippen LogP contribution in [0.4, 0.5) is 10.2 Å². The molecule has 3 aromatic heterocycles. The van der Waals surface area contributed by atoms with E-state index < -0.39 is 0 Å². The molecule has 0 radical (unpaired) electrons. The number of para-hydroxylation sites is 2. The molecule has 5 aromatic rings. The van der Waals surface area contributed by atoms with Gasteiger partial charge in [0.1, 0.15) is 11.6 Å². The van der Waals surface area contributed by atoms with Crippen LogP contribution < -0.4 is 5.32 Å². The van der Waals surface area contributed by atoms with Gasteiger partial charge >= 0.3 is 0 Å². The predicted octanol–water partition coefficient (Wildman–Crippen LogP) is 3.90. The zero-order valence-electron chi connectivity index (χ0n) is 16.4. The number of hydrogen-bond acceptors (Lipinski definition) is 6. The lowest BCUT2D eigenvalue weighted by Crippen LogP contribution is -2.14. The van der Waals surface area contributed by atoms with Gasteiger partial charge in [0.05, 0.1) is 23.3 Å². The number of aryl methyl sites for hydroxylation is 1. The van der Waals surface area contributed by atoms with Gasteiger partial charge in [-0.25, -0.2) is 4.39 Å². The van der Waals surface area contributed by atoms with Crippen molar-refractivity contribution in [1.29, 1.82) is 0 Å². The summed E-state index contributed by atoms with van der Waals surface area (Å²) in [5, 5.41) is 15.6. The van der Waals surface area contributed by atoms with Crippen molar-refractivity contribution in [3.8, 4) is 0 Å². The highest BCUT2D eigenvalue weighted by Crippen LogP contribution is 2.27. The molecule has 0 aliphatic carbocycles. The molecule has 156 valence electrons. The number of aromatic nitrogens is 5. The minimum atomic E-state index is -0.271. The van der Waals surface area contributed by atoms with E-state index in [-0.39, 0.29) is 17.5 Å². The number of anilines is 1. The summed E-state index contributed by atoms with van der Waals surface area (Å²) in [6.45, 7) is 2.07. The first-order valence-corrected chi connectivity index (χ1v) is 10.5. The Hall–Kier alpha value is -3.66. The Morgan fingerprint density at radius 1 is 1.13 bits per heavy atom. The predicted molar refractivity (Wildman–Crippen MR) is 115 cm³/mol. The van der Waals surface area contributed by atoms with Crippen molar-refractivity contribution in [2.75, 3.05) is 11.1 Å². The Morgan fingerprint density at radius 3 is 2.68 bits per heavy atom. The molecule has 0 spiro atoms. The summed E-state index contributed by atoms with van der Waals surface area (Å²) >= 11 is 1.26. The Morgan fingerprint density at radius 2 is 1.90 bits per heavy atom. The van der Waals surface area contributed by atoms with Crippen molar-refractivity contribution in [2.24, 2.45) is 0 Å². The van der Waals surface area contributed by atoms with E-state index in [2.05, 4.69) is 20.7 Å². The van der Waals surface area contributed by atoms with Gasteiger partial charge in [-0.05, 0) is 25.1 Å². The molecule has 5 rings (SSSR count). The number of nitrogens with zero attached hydrogens (tertiary/aromatic N) is 5. The third-order valence-electron chi connectivity index (χ3n) is 4.79. The van der Waals surface area contributed by atoms with Crippen LogP contribution in [-0.4, -0.2) is 36.0 Å². The quantitative estimate of drug-likeness (QED) is 0.406. The van der Waals surface area contributed by atoms with Crippen LogP contribution in [-0.2, 0) is 11.3 Å². The van der Waals surface area contributed by atoms with E-state index in [1.165, 1.54) is 17.8 Å². The van der Waals surface area contributed by atoms with E-state index >= 15 is 0 Å². The zero-order chi connectivity index (χ0) is 21.4. The molecule has 10 heteroatoms. The molecular weight excluding hydrogens is 419 g/mol. The van der Waals surface area contributed by atoms with Gasteiger partial charge < -0.3 is 14.4 Å². The summed E-state index contributed by atoms with van der Waals surface area (Å²) in [6.07, 6.45) is 0. The molecular formula is C21H17FN6O2S. The third kappa shape index (κ3) is 3.66. The van der Waals surface area contributed by atoms with E-state index in [1.807, 2.05) is 33.2 Å². The van der Waals surface area contributed by atoms with Crippen molar-refractivity contribution in [3.63, 3.8) is 0 Å². The molecule has 3 heterocycles. The van der Waals surface area contributed by atoms with E-state index in [0.29, 0.717) is 34.6 Å². The number of carbonyl (C=O) groups is 1. The Kier molecular flexibility index (Phi) is 4.91. The number of imidazole rings is 1. The lowest BCUT2D eigenvalue weighted by molar-refractivity contribution is -0.113. The highest BCUT2D eigenvalue weighted by atomic mass is 32.2. The van der Waals surface area contributed by atoms with Crippen LogP contribution in [0, 0.1) is 12.7 Å². The molecule has 0 saturated carbocycles. The van der Waals surface area contributed by atoms with Crippen LogP contribution in [0.5, 0.6) is 0 Å². The molecule has 0 unspecified atom stereocenters. The number of rotatable bonds is 6. The van der Waals surface area contributed by atoms with E-state index in [1.54, 1.807) is 31.2 Å². The van der Waals surface area contributed by atoms with Crippen molar-refractivity contribution >= 4 is 40.3 Å². The number of carbonyl (C=O) groups excluding carboxylic acids is 1. The highest BCUT2D eigenvalue weighted by molar-refractivity contribution is 7.99. The van der Waals surface area contributed by atoms with Crippen LogP contribution in [0.2, 0.25) is 0 Å². The topological polar surface area (TPSA) is 90.2 Å². The smallest absolute Gasteiger partial charge is 0.237 e. The standard InChI is InChI=1S/C21H17FN6O2S/c1-13-10-18(26-30-13)23-19(29)12-31-21-25-24-20-27(11-14-6-2-3-7-15(14)22)16-8-4-5-9-17(16)28(20)21/h2-10H,11-12H2,1H3,(H,23,26,29). The summed E-state index contributed by atoms with van der Waals surface area (Å²) in [6, 6.07) is 16.1. The van der Waals surface area contributed by atoms with Gasteiger partial charge in [-0.15, -0.1) is 10.2 Å². The molecule has 31 heavy (non-hydrogen) atoms. The number of halogens is 1. The van der Waals surface area contributed by atoms with Gasteiger partial charge in [0.25, 0.3) is 0 Å². The maximum Gasteiger partial charge on any atom is 0.237 e. The first-order valence-electron chi connectivity index (χ1n) is 9.52. The van der Waals surface area contributed by atoms with Crippen molar-refractivity contribution in [1.82, 2.24) is 24.3 Å². The molecule has 0 atom stereocenters. The normalized spacial score (nSPS) is 11.4. The monoisotopic (exact) mass is 436 g/mol. The number of thioether (sulfide) groups is 1. The fourth-order valence-corrected chi connectivity index (χ4v) is 4.16. The van der Waals surface area contributed by atoms with E-state index in [9.17, 15) is 9.18 Å². The van der Waals surface area contributed by atoms with E-state index in [0.717, 1.165) is 11.0 Å². The van der Waals surface area contributed by atoms with Gasteiger partial charge in [-0.3, -0.25) is 9.20 Å². The lowest BCUT2D eigenvalue weighted by Gasteiger charge is -2.06.